The Morgan fingerprint density at radius 3 is 3.16 bits per heavy atom. The number of unbranched alkanes of at least 4 members (excludes halogenated alkanes) is 1. The summed E-state index contributed by atoms with van der Waals surface area (Å²) in [4.78, 5) is 0. The predicted molar refractivity (Wildman–Crippen MR) is 95.0 cm³/mol. The van der Waals surface area contributed by atoms with Gasteiger partial charge in [0.25, 0.3) is 0 Å². The predicted octanol–water partition coefficient (Wildman–Crippen LogP) is 3.15. The number of nitrogens with zero attached hydrogens (tertiary/aromatic N) is 4. The van der Waals surface area contributed by atoms with Crippen LogP contribution in [0.1, 0.15) is 55.9 Å². The lowest BCUT2D eigenvalue weighted by Crippen LogP contribution is -2.23. The van der Waals surface area contributed by atoms with Gasteiger partial charge >= 0.3 is 0 Å². The summed E-state index contributed by atoms with van der Waals surface area (Å²) in [5.74, 6) is 2.99. The molecule has 2 heterocycles. The third kappa shape index (κ3) is 4.58. The minimum Gasteiger partial charge on any atom is -0.494 e. The van der Waals surface area contributed by atoms with Crippen molar-refractivity contribution in [3.63, 3.8) is 0 Å². The number of rotatable bonds is 8. The average molecular weight is 339 g/mol. The molecule has 0 fully saturated rings. The molecule has 0 radical (unpaired) electrons. The van der Waals surface area contributed by atoms with E-state index in [1.807, 2.05) is 18.2 Å². The van der Waals surface area contributed by atoms with E-state index in [1.165, 1.54) is 18.4 Å². The smallest absolute Gasteiger partial charge is 0.149 e. The van der Waals surface area contributed by atoms with Gasteiger partial charge < -0.3 is 14.6 Å². The fourth-order valence-corrected chi connectivity index (χ4v) is 3.10. The summed E-state index contributed by atoms with van der Waals surface area (Å²) < 4.78 is 7.96. The molecule has 0 unspecified atom stereocenters. The minimum atomic E-state index is 0.152. The van der Waals surface area contributed by atoms with Crippen LogP contribution in [0.15, 0.2) is 24.3 Å². The zero-order valence-electron chi connectivity index (χ0n) is 14.7. The molecule has 0 saturated carbocycles. The van der Waals surface area contributed by atoms with Crippen molar-refractivity contribution in [3.8, 4) is 11.8 Å². The first-order valence-corrected chi connectivity index (χ1v) is 9.02. The Labute approximate surface area is 148 Å². The maximum Gasteiger partial charge on any atom is 0.149 e. The lowest BCUT2D eigenvalue weighted by atomic mass is 10.1. The van der Waals surface area contributed by atoms with E-state index in [0.717, 1.165) is 43.3 Å². The molecular formula is C19H25N5O. The highest BCUT2D eigenvalue weighted by molar-refractivity contribution is 5.28. The highest BCUT2D eigenvalue weighted by Gasteiger charge is 2.19. The molecular weight excluding hydrogens is 314 g/mol. The van der Waals surface area contributed by atoms with Gasteiger partial charge in [-0.05, 0) is 43.9 Å². The Bertz CT molecular complexity index is 734. The van der Waals surface area contributed by atoms with Crippen LogP contribution in [0, 0.1) is 11.3 Å². The minimum absolute atomic E-state index is 0.152. The Balaban J connectivity index is 1.54. The summed E-state index contributed by atoms with van der Waals surface area (Å²) in [6, 6.07) is 10.4. The van der Waals surface area contributed by atoms with Crippen LogP contribution in [0.5, 0.6) is 5.75 Å². The molecule has 6 heteroatoms. The molecule has 2 aromatic rings. The molecule has 6 nitrogen and oxygen atoms in total. The van der Waals surface area contributed by atoms with Gasteiger partial charge in [0, 0.05) is 25.9 Å². The summed E-state index contributed by atoms with van der Waals surface area (Å²) in [7, 11) is 0. The van der Waals surface area contributed by atoms with Crippen molar-refractivity contribution in [1.82, 2.24) is 20.1 Å². The lowest BCUT2D eigenvalue weighted by molar-refractivity contribution is 0.312. The average Bonchev–Trinajstić information content (AvgIpc) is 3.08. The second kappa shape index (κ2) is 8.63. The Morgan fingerprint density at radius 2 is 2.28 bits per heavy atom. The number of hydrogen-bond acceptors (Lipinski definition) is 5. The third-order valence-electron chi connectivity index (χ3n) is 4.49. The first-order valence-electron chi connectivity index (χ1n) is 9.02. The molecule has 1 aromatic heterocycles. The highest BCUT2D eigenvalue weighted by Crippen LogP contribution is 2.20. The van der Waals surface area contributed by atoms with Crippen LogP contribution in [0.4, 0.5) is 0 Å². The topological polar surface area (TPSA) is 75.8 Å². The van der Waals surface area contributed by atoms with Gasteiger partial charge in [0.05, 0.1) is 18.7 Å². The van der Waals surface area contributed by atoms with E-state index in [1.54, 1.807) is 0 Å². The molecule has 0 amide bonds. The van der Waals surface area contributed by atoms with E-state index in [2.05, 4.69) is 39.1 Å². The summed E-state index contributed by atoms with van der Waals surface area (Å²) in [6.45, 7) is 4.48. The molecule has 1 N–H and O–H groups in total. The van der Waals surface area contributed by atoms with Crippen LogP contribution in [-0.4, -0.2) is 21.4 Å². The standard InChI is InChI=1S/C19H25N5O/c1-15(19-23-22-18-9-2-4-11-24(18)19)21-14-16-7-6-8-17(13-16)25-12-5-3-10-20/h6-8,13,15,21H,2-5,9,11-12,14H2,1H3/t15-/m1/s1. The van der Waals surface area contributed by atoms with Crippen LogP contribution >= 0.6 is 0 Å². The first kappa shape index (κ1) is 17.4. The molecule has 1 atom stereocenters. The largest absolute Gasteiger partial charge is 0.494 e. The molecule has 25 heavy (non-hydrogen) atoms. The molecule has 0 spiro atoms. The fourth-order valence-electron chi connectivity index (χ4n) is 3.10. The van der Waals surface area contributed by atoms with Crippen molar-refractivity contribution < 1.29 is 4.74 Å². The molecule has 0 saturated heterocycles. The van der Waals surface area contributed by atoms with Crippen LogP contribution in [0.25, 0.3) is 0 Å². The van der Waals surface area contributed by atoms with E-state index in [0.29, 0.717) is 13.0 Å². The molecule has 1 aromatic carbocycles. The van der Waals surface area contributed by atoms with Crippen LogP contribution in [0.2, 0.25) is 0 Å². The van der Waals surface area contributed by atoms with Gasteiger partial charge in [-0.25, -0.2) is 0 Å². The third-order valence-corrected chi connectivity index (χ3v) is 4.49. The van der Waals surface area contributed by atoms with Gasteiger partial charge in [-0.2, -0.15) is 5.26 Å². The normalized spacial score (nSPS) is 14.6. The van der Waals surface area contributed by atoms with E-state index in [4.69, 9.17) is 10.00 Å². The van der Waals surface area contributed by atoms with E-state index < -0.39 is 0 Å². The molecule has 0 aliphatic carbocycles. The maximum atomic E-state index is 8.56. The van der Waals surface area contributed by atoms with Crippen molar-refractivity contribution >= 4 is 0 Å². The molecule has 1 aliphatic rings. The van der Waals surface area contributed by atoms with Gasteiger partial charge in [-0.1, -0.05) is 12.1 Å². The fraction of sp³-hybridized carbons (Fsp3) is 0.526. The number of benzene rings is 1. The lowest BCUT2D eigenvalue weighted by Gasteiger charge is -2.19. The summed E-state index contributed by atoms with van der Waals surface area (Å²) in [5.41, 5.74) is 1.17. The van der Waals surface area contributed by atoms with Crippen LogP contribution in [0.3, 0.4) is 0 Å². The molecule has 132 valence electrons. The van der Waals surface area contributed by atoms with Crippen molar-refractivity contribution in [2.45, 2.75) is 58.2 Å². The van der Waals surface area contributed by atoms with Gasteiger partial charge in [0.2, 0.25) is 0 Å². The van der Waals surface area contributed by atoms with E-state index >= 15 is 0 Å². The monoisotopic (exact) mass is 339 g/mol. The van der Waals surface area contributed by atoms with Crippen LogP contribution < -0.4 is 10.1 Å². The summed E-state index contributed by atoms with van der Waals surface area (Å²) in [6.07, 6.45) is 4.73. The van der Waals surface area contributed by atoms with Crippen LogP contribution in [-0.2, 0) is 19.5 Å². The second-order valence-corrected chi connectivity index (χ2v) is 6.44. The second-order valence-electron chi connectivity index (χ2n) is 6.44. The van der Waals surface area contributed by atoms with Crippen molar-refractivity contribution in [2.24, 2.45) is 0 Å². The first-order chi connectivity index (χ1) is 12.3. The summed E-state index contributed by atoms with van der Waals surface area (Å²) in [5, 5.41) is 20.8. The van der Waals surface area contributed by atoms with Gasteiger partial charge in [0.1, 0.15) is 17.4 Å². The highest BCUT2D eigenvalue weighted by atomic mass is 16.5. The van der Waals surface area contributed by atoms with Crippen molar-refractivity contribution in [3.05, 3.63) is 41.5 Å². The van der Waals surface area contributed by atoms with Crippen molar-refractivity contribution in [1.29, 1.82) is 5.26 Å². The zero-order chi connectivity index (χ0) is 17.5. The number of hydrogen-bond donors (Lipinski definition) is 1. The van der Waals surface area contributed by atoms with Gasteiger partial charge in [-0.15, -0.1) is 10.2 Å². The quantitative estimate of drug-likeness (QED) is 0.748. The number of aryl methyl sites for hydroxylation is 1. The Morgan fingerprint density at radius 1 is 1.36 bits per heavy atom. The SMILES string of the molecule is C[C@@H](NCc1cccc(OCCCC#N)c1)c1nnc2n1CCCC2. The number of fused-ring (bicyclic) bond motifs is 1. The zero-order valence-corrected chi connectivity index (χ0v) is 14.7. The van der Waals surface area contributed by atoms with Crippen molar-refractivity contribution in [2.75, 3.05) is 6.61 Å². The van der Waals surface area contributed by atoms with E-state index in [9.17, 15) is 0 Å². The Hall–Kier alpha value is -2.39. The Kier molecular flexibility index (Phi) is 6.02. The van der Waals surface area contributed by atoms with Gasteiger partial charge in [-0.3, -0.25) is 0 Å². The van der Waals surface area contributed by atoms with Gasteiger partial charge in [0.15, 0.2) is 0 Å². The summed E-state index contributed by atoms with van der Waals surface area (Å²) >= 11 is 0. The number of aromatic nitrogens is 3. The number of nitrogens with one attached hydrogen (secondary N) is 1. The number of ether oxygens (including phenoxy) is 1. The maximum absolute atomic E-state index is 8.56. The molecule has 3 rings (SSSR count). The molecule has 0 bridgehead atoms. The molecule has 1 aliphatic heterocycles. The number of nitriles is 1. The van der Waals surface area contributed by atoms with E-state index in [-0.39, 0.29) is 6.04 Å².